The Morgan fingerprint density at radius 2 is 2.07 bits per heavy atom. The molecule has 0 aliphatic heterocycles. The molecule has 0 amide bonds. The molecule has 5 heteroatoms. The number of nitrogens with one attached hydrogen (secondary N) is 1. The van der Waals surface area contributed by atoms with Gasteiger partial charge in [-0.2, -0.15) is 4.37 Å². The van der Waals surface area contributed by atoms with Gasteiger partial charge in [0.1, 0.15) is 5.82 Å². The highest BCUT2D eigenvalue weighted by molar-refractivity contribution is 7.09. The Morgan fingerprint density at radius 3 is 2.67 bits per heavy atom. The van der Waals surface area contributed by atoms with E-state index in [9.17, 15) is 0 Å². The summed E-state index contributed by atoms with van der Waals surface area (Å²) in [5, 5.41) is 4.56. The summed E-state index contributed by atoms with van der Waals surface area (Å²) in [5.74, 6) is 0.840. The van der Waals surface area contributed by atoms with Gasteiger partial charge in [0.05, 0.1) is 0 Å². The van der Waals surface area contributed by atoms with Gasteiger partial charge in [-0.25, -0.2) is 4.98 Å². The first kappa shape index (κ1) is 10.4. The lowest BCUT2D eigenvalue weighted by atomic mass is 10.1. The smallest absolute Gasteiger partial charge is 0.202 e. The molecule has 0 spiro atoms. The van der Waals surface area contributed by atoms with Gasteiger partial charge in [-0.3, -0.25) is 0 Å². The van der Waals surface area contributed by atoms with Crippen molar-refractivity contribution >= 4 is 28.3 Å². The van der Waals surface area contributed by atoms with E-state index < -0.39 is 0 Å². The quantitative estimate of drug-likeness (QED) is 0.895. The van der Waals surface area contributed by atoms with Crippen molar-refractivity contribution in [2.24, 2.45) is 0 Å². The Bertz CT molecular complexity index is 438. The average Bonchev–Trinajstić information content (AvgIpc) is 2.69. The minimum absolute atomic E-state index is 0.745. The van der Waals surface area contributed by atoms with Crippen LogP contribution >= 0.6 is 23.1 Å². The number of nitrogens with zero attached hydrogens (tertiary/aromatic N) is 2. The number of hydrogen-bond acceptors (Lipinski definition) is 4. The summed E-state index contributed by atoms with van der Waals surface area (Å²) in [5.41, 5.74) is 1.17. The van der Waals surface area contributed by atoms with Gasteiger partial charge in [-0.05, 0) is 17.7 Å². The number of aromatic nitrogens is 2. The van der Waals surface area contributed by atoms with Gasteiger partial charge in [-0.15, -0.1) is 0 Å². The zero-order chi connectivity index (χ0) is 10.7. The van der Waals surface area contributed by atoms with E-state index in [1.807, 2.05) is 31.3 Å². The summed E-state index contributed by atoms with van der Waals surface area (Å²) in [6.07, 6.45) is 0.745. The van der Waals surface area contributed by atoms with Crippen molar-refractivity contribution in [1.29, 1.82) is 0 Å². The van der Waals surface area contributed by atoms with Crippen LogP contribution in [0.15, 0.2) is 24.3 Å². The zero-order valence-electron chi connectivity index (χ0n) is 8.20. The highest BCUT2D eigenvalue weighted by Crippen LogP contribution is 2.15. The lowest BCUT2D eigenvalue weighted by Crippen LogP contribution is -1.91. The molecule has 2 aromatic rings. The van der Waals surface area contributed by atoms with Gasteiger partial charge in [-0.1, -0.05) is 23.7 Å². The first-order chi connectivity index (χ1) is 7.28. The topological polar surface area (TPSA) is 37.8 Å². The van der Waals surface area contributed by atoms with Crippen LogP contribution in [0, 0.1) is 0 Å². The van der Waals surface area contributed by atoms with E-state index in [1.54, 1.807) is 0 Å². The van der Waals surface area contributed by atoms with E-state index >= 15 is 0 Å². The van der Waals surface area contributed by atoms with Crippen molar-refractivity contribution in [2.45, 2.75) is 6.42 Å². The lowest BCUT2D eigenvalue weighted by molar-refractivity contribution is 1.04. The van der Waals surface area contributed by atoms with Crippen LogP contribution in [0.1, 0.15) is 11.4 Å². The van der Waals surface area contributed by atoms with Gasteiger partial charge >= 0.3 is 0 Å². The molecule has 0 unspecified atom stereocenters. The summed E-state index contributed by atoms with van der Waals surface area (Å²) >= 11 is 7.18. The van der Waals surface area contributed by atoms with E-state index in [1.165, 1.54) is 17.1 Å². The standard InChI is InChI=1S/C10H10ClN3S/c1-12-10-13-9(14-15-10)6-7-2-4-8(11)5-3-7/h2-5H,6H2,1H3,(H,12,13,14). The third-order valence-electron chi connectivity index (χ3n) is 1.96. The molecule has 0 aliphatic carbocycles. The Hall–Kier alpha value is -1.13. The molecule has 0 saturated carbocycles. The molecule has 0 radical (unpaired) electrons. The van der Waals surface area contributed by atoms with Gasteiger partial charge in [0.25, 0.3) is 0 Å². The van der Waals surface area contributed by atoms with Gasteiger partial charge < -0.3 is 5.32 Å². The second kappa shape index (κ2) is 4.59. The summed E-state index contributed by atoms with van der Waals surface area (Å²) in [4.78, 5) is 4.31. The number of hydrogen-bond donors (Lipinski definition) is 1. The molecule has 0 saturated heterocycles. The largest absolute Gasteiger partial charge is 0.363 e. The second-order valence-electron chi connectivity index (χ2n) is 3.07. The van der Waals surface area contributed by atoms with Crippen LogP contribution in [0.25, 0.3) is 0 Å². The van der Waals surface area contributed by atoms with E-state index in [0.29, 0.717) is 0 Å². The number of anilines is 1. The normalized spacial score (nSPS) is 10.3. The summed E-state index contributed by atoms with van der Waals surface area (Å²) in [6, 6.07) is 7.73. The molecule has 1 heterocycles. The van der Waals surface area contributed by atoms with Crippen molar-refractivity contribution < 1.29 is 0 Å². The van der Waals surface area contributed by atoms with Crippen LogP contribution in [0.4, 0.5) is 5.13 Å². The van der Waals surface area contributed by atoms with Crippen molar-refractivity contribution in [3.8, 4) is 0 Å². The van der Waals surface area contributed by atoms with Crippen LogP contribution in [-0.2, 0) is 6.42 Å². The molecule has 15 heavy (non-hydrogen) atoms. The van der Waals surface area contributed by atoms with Crippen LogP contribution in [0.5, 0.6) is 0 Å². The molecule has 1 aromatic heterocycles. The summed E-state index contributed by atoms with van der Waals surface area (Å²) in [6.45, 7) is 0. The molecule has 0 bridgehead atoms. The highest BCUT2D eigenvalue weighted by Gasteiger charge is 2.03. The van der Waals surface area contributed by atoms with Crippen LogP contribution in [0.3, 0.4) is 0 Å². The maximum absolute atomic E-state index is 5.80. The molecule has 78 valence electrons. The van der Waals surface area contributed by atoms with E-state index in [4.69, 9.17) is 11.6 Å². The van der Waals surface area contributed by atoms with E-state index in [-0.39, 0.29) is 0 Å². The van der Waals surface area contributed by atoms with E-state index in [0.717, 1.165) is 22.4 Å². The fourth-order valence-corrected chi connectivity index (χ4v) is 1.87. The lowest BCUT2D eigenvalue weighted by Gasteiger charge is -1.96. The molecular formula is C10H10ClN3S. The zero-order valence-corrected chi connectivity index (χ0v) is 9.77. The summed E-state index contributed by atoms with van der Waals surface area (Å²) in [7, 11) is 1.84. The Labute approximate surface area is 97.3 Å². The summed E-state index contributed by atoms with van der Waals surface area (Å²) < 4.78 is 4.24. The Morgan fingerprint density at radius 1 is 1.33 bits per heavy atom. The van der Waals surface area contributed by atoms with Crippen molar-refractivity contribution in [3.05, 3.63) is 40.7 Å². The van der Waals surface area contributed by atoms with Gasteiger partial charge in [0, 0.05) is 30.0 Å². The third kappa shape index (κ3) is 2.67. The highest BCUT2D eigenvalue weighted by atomic mass is 35.5. The minimum Gasteiger partial charge on any atom is -0.363 e. The van der Waals surface area contributed by atoms with Crippen LogP contribution in [-0.4, -0.2) is 16.4 Å². The molecule has 0 atom stereocenters. The van der Waals surface area contributed by atoms with Crippen LogP contribution < -0.4 is 5.32 Å². The van der Waals surface area contributed by atoms with Crippen molar-refractivity contribution in [3.63, 3.8) is 0 Å². The third-order valence-corrected chi connectivity index (χ3v) is 2.98. The first-order valence-electron chi connectivity index (χ1n) is 4.52. The maximum Gasteiger partial charge on any atom is 0.202 e. The molecule has 1 aromatic carbocycles. The molecular weight excluding hydrogens is 230 g/mol. The maximum atomic E-state index is 5.80. The van der Waals surface area contributed by atoms with Crippen molar-refractivity contribution in [2.75, 3.05) is 12.4 Å². The second-order valence-corrected chi connectivity index (χ2v) is 4.26. The minimum atomic E-state index is 0.745. The Kier molecular flexibility index (Phi) is 3.18. The number of rotatable bonds is 3. The molecule has 0 fully saturated rings. The average molecular weight is 240 g/mol. The monoisotopic (exact) mass is 239 g/mol. The fourth-order valence-electron chi connectivity index (χ4n) is 1.21. The first-order valence-corrected chi connectivity index (χ1v) is 5.68. The SMILES string of the molecule is CNc1nc(Cc2ccc(Cl)cc2)ns1. The number of benzene rings is 1. The van der Waals surface area contributed by atoms with Gasteiger partial charge in [0.2, 0.25) is 5.13 Å². The fraction of sp³-hybridized carbons (Fsp3) is 0.200. The molecule has 2 rings (SSSR count). The Balaban J connectivity index is 2.11. The molecule has 1 N–H and O–H groups in total. The van der Waals surface area contributed by atoms with E-state index in [2.05, 4.69) is 14.7 Å². The molecule has 0 aliphatic rings. The van der Waals surface area contributed by atoms with Crippen LogP contribution in [0.2, 0.25) is 5.02 Å². The molecule has 3 nitrogen and oxygen atoms in total. The van der Waals surface area contributed by atoms with Gasteiger partial charge in [0.15, 0.2) is 0 Å². The predicted octanol–water partition coefficient (Wildman–Crippen LogP) is 2.82. The number of halogens is 1. The predicted molar refractivity (Wildman–Crippen MR) is 63.7 cm³/mol. The van der Waals surface area contributed by atoms with Crippen molar-refractivity contribution in [1.82, 2.24) is 9.36 Å².